The number of ether oxygens (including phenoxy) is 2. The van der Waals surface area contributed by atoms with Gasteiger partial charge in [-0.15, -0.1) is 0 Å². The molecule has 0 atom stereocenters. The minimum atomic E-state index is 0.479. The van der Waals surface area contributed by atoms with Crippen molar-refractivity contribution >= 4 is 50.7 Å². The van der Waals surface area contributed by atoms with E-state index in [0.717, 1.165) is 42.5 Å². The molecule has 0 unspecified atom stereocenters. The first-order valence-electron chi connectivity index (χ1n) is 10.0. The Bertz CT molecular complexity index is 1220. The van der Waals surface area contributed by atoms with Crippen LogP contribution in [0.15, 0.2) is 72.8 Å². The van der Waals surface area contributed by atoms with Gasteiger partial charge in [0.1, 0.15) is 6.61 Å². The number of benzene rings is 4. The first kappa shape index (κ1) is 21.8. The van der Waals surface area contributed by atoms with Gasteiger partial charge in [0, 0.05) is 17.3 Å². The highest BCUT2D eigenvalue weighted by molar-refractivity contribution is 14.1. The lowest BCUT2D eigenvalue weighted by Gasteiger charge is -2.16. The van der Waals surface area contributed by atoms with Crippen molar-refractivity contribution in [2.45, 2.75) is 20.1 Å². The van der Waals surface area contributed by atoms with Crippen LogP contribution in [0, 0.1) is 10.5 Å². The normalized spacial score (nSPS) is 10.8. The van der Waals surface area contributed by atoms with Crippen molar-refractivity contribution in [2.24, 2.45) is 0 Å². The molecule has 0 saturated heterocycles. The van der Waals surface area contributed by atoms with Crippen LogP contribution in [0.4, 0.5) is 5.69 Å². The van der Waals surface area contributed by atoms with Crippen LogP contribution < -0.4 is 14.8 Å². The SMILES string of the molecule is COc1cc(CNc2cc(Cl)ccc2C)cc(I)c1OCc1cccc2ccccc12. The summed E-state index contributed by atoms with van der Waals surface area (Å²) in [6.07, 6.45) is 0. The van der Waals surface area contributed by atoms with E-state index >= 15 is 0 Å². The highest BCUT2D eigenvalue weighted by Crippen LogP contribution is 2.35. The van der Waals surface area contributed by atoms with Crippen LogP contribution in [-0.4, -0.2) is 7.11 Å². The van der Waals surface area contributed by atoms with Crippen molar-refractivity contribution in [3.8, 4) is 11.5 Å². The van der Waals surface area contributed by atoms with Gasteiger partial charge >= 0.3 is 0 Å². The lowest BCUT2D eigenvalue weighted by molar-refractivity contribution is 0.283. The average molecular weight is 544 g/mol. The maximum Gasteiger partial charge on any atom is 0.174 e. The molecule has 5 heteroatoms. The third-order valence-electron chi connectivity index (χ3n) is 5.22. The second-order valence-electron chi connectivity index (χ2n) is 7.35. The molecule has 1 N–H and O–H groups in total. The average Bonchev–Trinajstić information content (AvgIpc) is 2.78. The van der Waals surface area contributed by atoms with Crippen molar-refractivity contribution in [1.82, 2.24) is 0 Å². The zero-order valence-corrected chi connectivity index (χ0v) is 20.3. The van der Waals surface area contributed by atoms with Gasteiger partial charge in [-0.2, -0.15) is 0 Å². The van der Waals surface area contributed by atoms with Gasteiger partial charge in [0.25, 0.3) is 0 Å². The molecule has 0 radical (unpaired) electrons. The van der Waals surface area contributed by atoms with Crippen LogP contribution in [0.2, 0.25) is 5.02 Å². The molecular weight excluding hydrogens is 521 g/mol. The van der Waals surface area contributed by atoms with Crippen molar-refractivity contribution < 1.29 is 9.47 Å². The van der Waals surface area contributed by atoms with E-state index in [1.165, 1.54) is 10.8 Å². The zero-order valence-electron chi connectivity index (χ0n) is 17.4. The number of fused-ring (bicyclic) bond motifs is 1. The Morgan fingerprint density at radius 3 is 2.61 bits per heavy atom. The van der Waals surface area contributed by atoms with Crippen LogP contribution in [0.1, 0.15) is 16.7 Å². The molecule has 0 amide bonds. The number of nitrogens with one attached hydrogen (secondary N) is 1. The topological polar surface area (TPSA) is 30.5 Å². The number of rotatable bonds is 7. The Morgan fingerprint density at radius 1 is 0.968 bits per heavy atom. The largest absolute Gasteiger partial charge is 0.493 e. The molecule has 0 aliphatic rings. The minimum absolute atomic E-state index is 0.479. The van der Waals surface area contributed by atoms with Gasteiger partial charge in [-0.1, -0.05) is 60.1 Å². The quantitative estimate of drug-likeness (QED) is 0.243. The molecule has 4 rings (SSSR count). The molecule has 0 fully saturated rings. The summed E-state index contributed by atoms with van der Waals surface area (Å²) in [7, 11) is 1.68. The summed E-state index contributed by atoms with van der Waals surface area (Å²) in [5.41, 5.74) is 4.44. The molecule has 0 heterocycles. The maximum atomic E-state index is 6.24. The van der Waals surface area contributed by atoms with Gasteiger partial charge in [0.05, 0.1) is 10.7 Å². The summed E-state index contributed by atoms with van der Waals surface area (Å²) in [6, 6.07) is 24.6. The van der Waals surface area contributed by atoms with Gasteiger partial charge in [0.15, 0.2) is 11.5 Å². The number of hydrogen-bond acceptors (Lipinski definition) is 3. The van der Waals surface area contributed by atoms with E-state index in [4.69, 9.17) is 21.1 Å². The lowest BCUT2D eigenvalue weighted by atomic mass is 10.1. The molecule has 0 aliphatic heterocycles. The van der Waals surface area contributed by atoms with E-state index in [1.54, 1.807) is 7.11 Å². The summed E-state index contributed by atoms with van der Waals surface area (Å²) in [5.74, 6) is 1.49. The first-order chi connectivity index (χ1) is 15.0. The van der Waals surface area contributed by atoms with Crippen LogP contribution in [-0.2, 0) is 13.2 Å². The van der Waals surface area contributed by atoms with Gasteiger partial charge in [-0.3, -0.25) is 0 Å². The summed E-state index contributed by atoms with van der Waals surface area (Å²) >= 11 is 8.44. The van der Waals surface area contributed by atoms with Crippen LogP contribution in [0.25, 0.3) is 10.8 Å². The van der Waals surface area contributed by atoms with E-state index in [2.05, 4.69) is 83.4 Å². The van der Waals surface area contributed by atoms with Crippen molar-refractivity contribution in [2.75, 3.05) is 12.4 Å². The molecule has 0 saturated carbocycles. The van der Waals surface area contributed by atoms with Crippen molar-refractivity contribution in [1.29, 1.82) is 0 Å². The van der Waals surface area contributed by atoms with E-state index < -0.39 is 0 Å². The van der Waals surface area contributed by atoms with Gasteiger partial charge in [-0.05, 0) is 81.2 Å². The minimum Gasteiger partial charge on any atom is -0.493 e. The predicted molar refractivity (Wildman–Crippen MR) is 138 cm³/mol. The number of aryl methyl sites for hydroxylation is 1. The molecule has 31 heavy (non-hydrogen) atoms. The predicted octanol–water partition coefficient (Wildman–Crippen LogP) is 7.61. The Labute approximate surface area is 201 Å². The molecular formula is C26H23ClINO2. The molecule has 4 aromatic rings. The van der Waals surface area contributed by atoms with Crippen molar-refractivity contribution in [3.63, 3.8) is 0 Å². The molecule has 4 aromatic carbocycles. The summed E-state index contributed by atoms with van der Waals surface area (Å²) < 4.78 is 12.9. The Kier molecular flexibility index (Phi) is 6.88. The maximum absolute atomic E-state index is 6.24. The number of anilines is 1. The van der Waals surface area contributed by atoms with Crippen LogP contribution in [0.3, 0.4) is 0 Å². The molecule has 0 spiro atoms. The summed E-state index contributed by atoms with van der Waals surface area (Å²) in [5, 5.41) is 6.60. The van der Waals surface area contributed by atoms with Crippen LogP contribution in [0.5, 0.6) is 11.5 Å². The smallest absolute Gasteiger partial charge is 0.174 e. The summed E-state index contributed by atoms with van der Waals surface area (Å²) in [4.78, 5) is 0. The van der Waals surface area contributed by atoms with Gasteiger partial charge < -0.3 is 14.8 Å². The zero-order chi connectivity index (χ0) is 21.8. The van der Waals surface area contributed by atoms with Gasteiger partial charge in [-0.25, -0.2) is 0 Å². The van der Waals surface area contributed by atoms with E-state index in [0.29, 0.717) is 13.2 Å². The molecule has 158 valence electrons. The fourth-order valence-electron chi connectivity index (χ4n) is 3.57. The number of hydrogen-bond donors (Lipinski definition) is 1. The lowest BCUT2D eigenvalue weighted by Crippen LogP contribution is -2.04. The number of halogens is 2. The van der Waals surface area contributed by atoms with E-state index in [-0.39, 0.29) is 0 Å². The first-order valence-corrected chi connectivity index (χ1v) is 11.5. The molecule has 3 nitrogen and oxygen atoms in total. The van der Waals surface area contributed by atoms with Crippen LogP contribution >= 0.6 is 34.2 Å². The summed E-state index contributed by atoms with van der Waals surface area (Å²) in [6.45, 7) is 3.21. The fourth-order valence-corrected chi connectivity index (χ4v) is 4.56. The Morgan fingerprint density at radius 2 is 1.77 bits per heavy atom. The second-order valence-corrected chi connectivity index (χ2v) is 8.95. The molecule has 0 aromatic heterocycles. The highest BCUT2D eigenvalue weighted by atomic mass is 127. The van der Waals surface area contributed by atoms with E-state index in [9.17, 15) is 0 Å². The Balaban J connectivity index is 1.53. The van der Waals surface area contributed by atoms with Crippen molar-refractivity contribution in [3.05, 3.63) is 98.1 Å². The molecule has 0 bridgehead atoms. The number of methoxy groups -OCH3 is 1. The monoisotopic (exact) mass is 543 g/mol. The van der Waals surface area contributed by atoms with Gasteiger partial charge in [0.2, 0.25) is 0 Å². The molecule has 0 aliphatic carbocycles. The highest BCUT2D eigenvalue weighted by Gasteiger charge is 2.13. The second kappa shape index (κ2) is 9.79. The fraction of sp³-hybridized carbons (Fsp3) is 0.154. The third kappa shape index (κ3) is 5.08. The Hall–Kier alpha value is -2.44. The van der Waals surface area contributed by atoms with E-state index in [1.807, 2.05) is 24.3 Å². The third-order valence-corrected chi connectivity index (χ3v) is 6.26. The standard InChI is InChI=1S/C26H23ClINO2/c1-17-10-11-21(27)14-24(17)29-15-18-12-23(28)26(25(13-18)30-2)31-16-20-8-5-7-19-6-3-4-9-22(19)20/h3-14,29H,15-16H2,1-2H3.